The van der Waals surface area contributed by atoms with Gasteiger partial charge in [-0.3, -0.25) is 5.10 Å². The summed E-state index contributed by atoms with van der Waals surface area (Å²) in [6, 6.07) is 6.75. The van der Waals surface area contributed by atoms with Crippen LogP contribution in [-0.2, 0) is 0 Å². The van der Waals surface area contributed by atoms with Gasteiger partial charge < -0.3 is 15.3 Å². The van der Waals surface area contributed by atoms with Gasteiger partial charge in [-0.15, -0.1) is 0 Å². The molecule has 0 aliphatic heterocycles. The Morgan fingerprint density at radius 2 is 2.10 bits per heavy atom. The summed E-state index contributed by atoms with van der Waals surface area (Å²) >= 11 is 0. The van der Waals surface area contributed by atoms with Crippen LogP contribution in [0.4, 0.5) is 10.2 Å². The van der Waals surface area contributed by atoms with Crippen LogP contribution in [-0.4, -0.2) is 57.1 Å². The van der Waals surface area contributed by atoms with E-state index in [-0.39, 0.29) is 11.6 Å². The molecule has 8 heteroatoms. The van der Waals surface area contributed by atoms with E-state index in [2.05, 4.69) is 30.4 Å². The molecule has 0 aromatic carbocycles. The maximum Gasteiger partial charge on any atom is 0.181 e. The second-order valence-corrected chi connectivity index (χ2v) is 7.74. The van der Waals surface area contributed by atoms with Crippen molar-refractivity contribution in [2.24, 2.45) is 5.92 Å². The number of fused-ring (bicyclic) bond motifs is 1. The Labute approximate surface area is 170 Å². The van der Waals surface area contributed by atoms with Gasteiger partial charge in [-0.05, 0) is 44.0 Å². The molecule has 0 fully saturated rings. The Morgan fingerprint density at radius 3 is 2.83 bits per heavy atom. The van der Waals surface area contributed by atoms with Gasteiger partial charge in [-0.25, -0.2) is 14.4 Å². The first kappa shape index (κ1) is 21.1. The van der Waals surface area contributed by atoms with E-state index in [1.165, 1.54) is 6.07 Å². The fourth-order valence-corrected chi connectivity index (χ4v) is 3.01. The van der Waals surface area contributed by atoms with E-state index in [0.717, 1.165) is 11.9 Å². The number of nitrogens with zero attached hydrogens (tertiary/aromatic N) is 4. The Hall–Kier alpha value is -2.58. The van der Waals surface area contributed by atoms with Gasteiger partial charge in [0.25, 0.3) is 0 Å². The molecule has 3 heterocycles. The number of hydrogen-bond acceptors (Lipinski definition) is 6. The number of aromatic nitrogens is 4. The van der Waals surface area contributed by atoms with Crippen LogP contribution in [0.25, 0.3) is 22.4 Å². The molecule has 0 saturated heterocycles. The van der Waals surface area contributed by atoms with Crippen LogP contribution in [0.2, 0.25) is 0 Å². The molecule has 0 amide bonds. The number of pyridine rings is 2. The largest absolute Gasteiger partial charge is 0.389 e. The van der Waals surface area contributed by atoms with Gasteiger partial charge in [-0.2, -0.15) is 5.10 Å². The number of likely N-dealkylation sites (N-methyl/N-ethyl adjacent to an activating group) is 1. The van der Waals surface area contributed by atoms with Crippen molar-refractivity contribution in [3.8, 4) is 11.4 Å². The van der Waals surface area contributed by atoms with Crippen LogP contribution >= 0.6 is 0 Å². The SMILES string of the molecule is CCN(CCNCC(C)(O)C(C)C)c1ccc(F)c(-c2[nH]nc3ncccc23)n1. The number of H-pyrrole nitrogens is 1. The Balaban J connectivity index is 1.75. The summed E-state index contributed by atoms with van der Waals surface area (Å²) in [5.74, 6) is 0.440. The maximum atomic E-state index is 14.6. The molecule has 29 heavy (non-hydrogen) atoms. The predicted molar refractivity (Wildman–Crippen MR) is 113 cm³/mol. The summed E-state index contributed by atoms with van der Waals surface area (Å²) in [7, 11) is 0. The van der Waals surface area contributed by atoms with Crippen molar-refractivity contribution < 1.29 is 9.50 Å². The van der Waals surface area contributed by atoms with Crippen LogP contribution in [0.5, 0.6) is 0 Å². The lowest BCUT2D eigenvalue weighted by Crippen LogP contribution is -2.44. The van der Waals surface area contributed by atoms with Gasteiger partial charge in [0.2, 0.25) is 0 Å². The standard InChI is InChI=1S/C21H29FN6O/c1-5-28(12-11-23-13-21(4,29)14(2)3)17-9-8-16(22)19(25-17)18-15-7-6-10-24-20(15)27-26-18/h6-10,14,23,29H,5,11-13H2,1-4H3,(H,24,26,27). The number of rotatable bonds is 9. The maximum absolute atomic E-state index is 14.6. The number of aromatic amines is 1. The molecular formula is C21H29FN6O. The first-order chi connectivity index (χ1) is 13.8. The van der Waals surface area contributed by atoms with Gasteiger partial charge in [0.15, 0.2) is 11.5 Å². The zero-order valence-corrected chi connectivity index (χ0v) is 17.4. The Bertz CT molecular complexity index is 955. The fraction of sp³-hybridized carbons (Fsp3) is 0.476. The molecule has 3 aromatic heterocycles. The van der Waals surface area contributed by atoms with E-state index in [0.29, 0.717) is 36.8 Å². The minimum Gasteiger partial charge on any atom is -0.389 e. The monoisotopic (exact) mass is 400 g/mol. The lowest BCUT2D eigenvalue weighted by Gasteiger charge is -2.29. The zero-order chi connectivity index (χ0) is 21.0. The van der Waals surface area contributed by atoms with Crippen molar-refractivity contribution >= 4 is 16.9 Å². The summed E-state index contributed by atoms with van der Waals surface area (Å²) in [6.07, 6.45) is 1.65. The third-order valence-corrected chi connectivity index (χ3v) is 5.39. The van der Waals surface area contributed by atoms with E-state index >= 15 is 0 Å². The molecule has 0 aliphatic carbocycles. The quantitative estimate of drug-likeness (QED) is 0.479. The molecule has 0 radical (unpaired) electrons. The third-order valence-electron chi connectivity index (χ3n) is 5.39. The molecule has 0 bridgehead atoms. The first-order valence-electron chi connectivity index (χ1n) is 9.97. The van der Waals surface area contributed by atoms with Crippen molar-refractivity contribution in [1.82, 2.24) is 25.5 Å². The van der Waals surface area contributed by atoms with Crippen molar-refractivity contribution in [3.05, 3.63) is 36.3 Å². The molecule has 0 saturated carbocycles. The smallest absolute Gasteiger partial charge is 0.181 e. The highest BCUT2D eigenvalue weighted by Crippen LogP contribution is 2.27. The summed E-state index contributed by atoms with van der Waals surface area (Å²) < 4.78 is 14.6. The lowest BCUT2D eigenvalue weighted by molar-refractivity contribution is 0.0146. The topological polar surface area (TPSA) is 90.0 Å². The average molecular weight is 401 g/mol. The molecular weight excluding hydrogens is 371 g/mol. The van der Waals surface area contributed by atoms with Crippen LogP contribution in [0.3, 0.4) is 0 Å². The van der Waals surface area contributed by atoms with Gasteiger partial charge in [0.05, 0.1) is 11.3 Å². The highest BCUT2D eigenvalue weighted by Gasteiger charge is 2.24. The molecule has 3 aromatic rings. The Morgan fingerprint density at radius 1 is 1.31 bits per heavy atom. The van der Waals surface area contributed by atoms with Crippen molar-refractivity contribution in [1.29, 1.82) is 0 Å². The zero-order valence-electron chi connectivity index (χ0n) is 17.4. The average Bonchev–Trinajstić information content (AvgIpc) is 3.12. The second kappa shape index (κ2) is 8.84. The lowest BCUT2D eigenvalue weighted by atomic mass is 9.93. The normalized spacial score (nSPS) is 13.8. The summed E-state index contributed by atoms with van der Waals surface area (Å²) in [6.45, 7) is 10.5. The number of nitrogens with one attached hydrogen (secondary N) is 2. The summed E-state index contributed by atoms with van der Waals surface area (Å²) in [5, 5.41) is 21.4. The first-order valence-corrected chi connectivity index (χ1v) is 9.97. The summed E-state index contributed by atoms with van der Waals surface area (Å²) in [5.41, 5.74) is 0.526. The van der Waals surface area contributed by atoms with E-state index < -0.39 is 11.4 Å². The Kier molecular flexibility index (Phi) is 6.44. The van der Waals surface area contributed by atoms with Gasteiger partial charge in [-0.1, -0.05) is 13.8 Å². The highest BCUT2D eigenvalue weighted by molar-refractivity contribution is 5.89. The van der Waals surface area contributed by atoms with E-state index in [9.17, 15) is 9.50 Å². The third kappa shape index (κ3) is 4.71. The molecule has 1 atom stereocenters. The molecule has 0 spiro atoms. The number of aliphatic hydroxyl groups is 1. The van der Waals surface area contributed by atoms with Crippen molar-refractivity contribution in [2.45, 2.75) is 33.3 Å². The molecule has 7 nitrogen and oxygen atoms in total. The van der Waals surface area contributed by atoms with Gasteiger partial charge >= 0.3 is 0 Å². The minimum atomic E-state index is -0.756. The van der Waals surface area contributed by atoms with Crippen LogP contribution in [0, 0.1) is 11.7 Å². The van der Waals surface area contributed by atoms with Crippen molar-refractivity contribution in [2.75, 3.05) is 31.1 Å². The van der Waals surface area contributed by atoms with Gasteiger partial charge in [0, 0.05) is 37.8 Å². The molecule has 3 rings (SSSR count). The van der Waals surface area contributed by atoms with Crippen molar-refractivity contribution in [3.63, 3.8) is 0 Å². The predicted octanol–water partition coefficient (Wildman–Crippen LogP) is 2.98. The van der Waals surface area contributed by atoms with Gasteiger partial charge in [0.1, 0.15) is 11.5 Å². The number of hydrogen-bond donors (Lipinski definition) is 3. The van der Waals surface area contributed by atoms with E-state index in [1.807, 2.05) is 33.8 Å². The molecule has 156 valence electrons. The molecule has 3 N–H and O–H groups in total. The molecule has 1 unspecified atom stereocenters. The highest BCUT2D eigenvalue weighted by atomic mass is 19.1. The van der Waals surface area contributed by atoms with Crippen LogP contribution in [0.1, 0.15) is 27.7 Å². The minimum absolute atomic E-state index is 0.164. The number of anilines is 1. The van der Waals surface area contributed by atoms with Crippen LogP contribution in [0.15, 0.2) is 30.5 Å². The van der Waals surface area contributed by atoms with E-state index in [1.54, 1.807) is 18.3 Å². The molecule has 0 aliphatic rings. The van der Waals surface area contributed by atoms with E-state index in [4.69, 9.17) is 0 Å². The summed E-state index contributed by atoms with van der Waals surface area (Å²) in [4.78, 5) is 10.8. The fourth-order valence-electron chi connectivity index (χ4n) is 3.01. The number of halogens is 1. The second-order valence-electron chi connectivity index (χ2n) is 7.74. The van der Waals surface area contributed by atoms with Crippen LogP contribution < -0.4 is 10.2 Å².